The molecule has 24 heavy (non-hydrogen) atoms. The van der Waals surface area contributed by atoms with Crippen molar-refractivity contribution in [2.75, 3.05) is 26.7 Å². The summed E-state index contributed by atoms with van der Waals surface area (Å²) < 4.78 is 5.74. The number of aromatic nitrogens is 3. The van der Waals surface area contributed by atoms with Crippen molar-refractivity contribution < 1.29 is 9.53 Å². The molecule has 1 aliphatic rings. The zero-order valence-corrected chi connectivity index (χ0v) is 14.1. The summed E-state index contributed by atoms with van der Waals surface area (Å²) in [4.78, 5) is 20.6. The van der Waals surface area contributed by atoms with Crippen LogP contribution in [0.4, 0.5) is 4.79 Å². The topological polar surface area (TPSA) is 74.3 Å². The first-order valence-corrected chi connectivity index (χ1v) is 8.24. The highest BCUT2D eigenvalue weighted by Gasteiger charge is 2.29. The molecule has 1 aromatic carbocycles. The molecule has 1 aliphatic heterocycles. The first-order chi connectivity index (χ1) is 11.7. The Morgan fingerprint density at radius 3 is 2.92 bits per heavy atom. The van der Waals surface area contributed by atoms with Gasteiger partial charge in [0.25, 0.3) is 0 Å². The smallest absolute Gasteiger partial charge is 0.320 e. The minimum atomic E-state index is -0.274. The highest BCUT2D eigenvalue weighted by molar-refractivity contribution is 5.74. The van der Waals surface area contributed by atoms with E-state index in [2.05, 4.69) is 15.2 Å². The fourth-order valence-electron chi connectivity index (χ4n) is 2.76. The Morgan fingerprint density at radius 2 is 2.21 bits per heavy atom. The van der Waals surface area contributed by atoms with Gasteiger partial charge in [-0.15, -0.1) is 0 Å². The molecular formula is C17H23N5O2. The fourth-order valence-corrected chi connectivity index (χ4v) is 2.76. The lowest BCUT2D eigenvalue weighted by molar-refractivity contribution is -0.0241. The molecule has 7 nitrogen and oxygen atoms in total. The van der Waals surface area contributed by atoms with E-state index in [1.807, 2.05) is 44.3 Å². The first-order valence-electron chi connectivity index (χ1n) is 8.24. The summed E-state index contributed by atoms with van der Waals surface area (Å²) in [7, 11) is 1.82. The Labute approximate surface area is 141 Å². The van der Waals surface area contributed by atoms with Crippen molar-refractivity contribution in [1.82, 2.24) is 25.0 Å². The molecule has 2 aromatic rings. The van der Waals surface area contributed by atoms with Crippen LogP contribution in [0.5, 0.6) is 0 Å². The Bertz CT molecular complexity index is 673. The highest BCUT2D eigenvalue weighted by atomic mass is 16.5. The van der Waals surface area contributed by atoms with Crippen LogP contribution in [0, 0.1) is 0 Å². The molecule has 2 amide bonds. The summed E-state index contributed by atoms with van der Waals surface area (Å²) in [5.74, 6) is 1.45. The second kappa shape index (κ2) is 7.44. The van der Waals surface area contributed by atoms with E-state index in [0.717, 1.165) is 17.8 Å². The molecule has 1 N–H and O–H groups in total. The molecule has 1 atom stereocenters. The van der Waals surface area contributed by atoms with E-state index in [1.54, 1.807) is 9.80 Å². The number of amides is 2. The maximum atomic E-state index is 12.7. The standard InChI is InChI=1S/C17H23N5O2/c1-3-15-18-16(20-19-15)14-12-22(9-10-24-14)17(23)21(2)11-13-7-5-4-6-8-13/h4-8,14H,3,9-12H2,1-2H3,(H,18,19,20)/t14-/m0/s1. The number of hydrogen-bond donors (Lipinski definition) is 1. The molecule has 0 radical (unpaired) electrons. The average Bonchev–Trinajstić information content (AvgIpc) is 3.11. The van der Waals surface area contributed by atoms with E-state index in [-0.39, 0.29) is 12.1 Å². The number of morpholine rings is 1. The van der Waals surface area contributed by atoms with Crippen LogP contribution in [0.25, 0.3) is 0 Å². The van der Waals surface area contributed by atoms with Crippen LogP contribution in [0.2, 0.25) is 0 Å². The second-order valence-corrected chi connectivity index (χ2v) is 5.92. The molecule has 7 heteroatoms. The average molecular weight is 329 g/mol. The van der Waals surface area contributed by atoms with Gasteiger partial charge >= 0.3 is 6.03 Å². The summed E-state index contributed by atoms with van der Waals surface area (Å²) in [6.45, 7) is 4.15. The SMILES string of the molecule is CCc1nc([C@@H]2CN(C(=O)N(C)Cc3ccccc3)CCO2)n[nH]1. The number of aryl methyl sites for hydroxylation is 1. The maximum absolute atomic E-state index is 12.7. The van der Waals surface area contributed by atoms with Crippen molar-refractivity contribution in [1.29, 1.82) is 0 Å². The van der Waals surface area contributed by atoms with Gasteiger partial charge in [0.2, 0.25) is 0 Å². The van der Waals surface area contributed by atoms with Gasteiger partial charge in [-0.3, -0.25) is 5.10 Å². The number of urea groups is 1. The minimum Gasteiger partial charge on any atom is -0.366 e. The van der Waals surface area contributed by atoms with Crippen molar-refractivity contribution in [3.8, 4) is 0 Å². The monoisotopic (exact) mass is 329 g/mol. The summed E-state index contributed by atoms with van der Waals surface area (Å²) in [6, 6.07) is 9.97. The molecular weight excluding hydrogens is 306 g/mol. The number of H-pyrrole nitrogens is 1. The van der Waals surface area contributed by atoms with Crippen LogP contribution in [0.15, 0.2) is 30.3 Å². The van der Waals surface area contributed by atoms with Crippen LogP contribution in [-0.4, -0.2) is 57.8 Å². The predicted molar refractivity (Wildman–Crippen MR) is 89.3 cm³/mol. The molecule has 0 bridgehead atoms. The van der Waals surface area contributed by atoms with Crippen molar-refractivity contribution >= 4 is 6.03 Å². The van der Waals surface area contributed by atoms with Crippen LogP contribution in [0.3, 0.4) is 0 Å². The first kappa shape index (κ1) is 16.4. The maximum Gasteiger partial charge on any atom is 0.320 e. The number of carbonyl (C=O) groups excluding carboxylic acids is 1. The fraction of sp³-hybridized carbons (Fsp3) is 0.471. The van der Waals surface area contributed by atoms with E-state index < -0.39 is 0 Å². The minimum absolute atomic E-state index is 0.00148. The van der Waals surface area contributed by atoms with E-state index in [0.29, 0.717) is 32.1 Å². The molecule has 128 valence electrons. The summed E-state index contributed by atoms with van der Waals surface area (Å²) in [6.07, 6.45) is 0.520. The number of nitrogens with zero attached hydrogens (tertiary/aromatic N) is 4. The third kappa shape index (κ3) is 3.73. The van der Waals surface area contributed by atoms with E-state index in [9.17, 15) is 4.79 Å². The number of ether oxygens (including phenoxy) is 1. The number of hydrogen-bond acceptors (Lipinski definition) is 4. The number of carbonyl (C=O) groups is 1. The van der Waals surface area contributed by atoms with Crippen molar-refractivity contribution in [3.05, 3.63) is 47.5 Å². The Morgan fingerprint density at radius 1 is 1.42 bits per heavy atom. The van der Waals surface area contributed by atoms with Gasteiger partial charge in [0, 0.05) is 26.6 Å². The van der Waals surface area contributed by atoms with E-state index >= 15 is 0 Å². The van der Waals surface area contributed by atoms with Gasteiger partial charge in [-0.1, -0.05) is 37.3 Å². The van der Waals surface area contributed by atoms with Gasteiger partial charge in [0.15, 0.2) is 5.82 Å². The molecule has 1 saturated heterocycles. The Hall–Kier alpha value is -2.41. The molecule has 0 saturated carbocycles. The quantitative estimate of drug-likeness (QED) is 0.931. The van der Waals surface area contributed by atoms with E-state index in [4.69, 9.17) is 4.74 Å². The Kier molecular flexibility index (Phi) is 5.10. The normalized spacial score (nSPS) is 17.8. The lowest BCUT2D eigenvalue weighted by Crippen LogP contribution is -2.47. The third-order valence-electron chi connectivity index (χ3n) is 4.10. The molecule has 0 aliphatic carbocycles. The molecule has 1 aromatic heterocycles. The molecule has 1 fully saturated rings. The second-order valence-electron chi connectivity index (χ2n) is 5.92. The lowest BCUT2D eigenvalue weighted by Gasteiger charge is -2.34. The van der Waals surface area contributed by atoms with Crippen molar-refractivity contribution in [2.45, 2.75) is 26.0 Å². The summed E-state index contributed by atoms with van der Waals surface area (Å²) >= 11 is 0. The molecule has 0 unspecified atom stereocenters. The number of nitrogens with one attached hydrogen (secondary N) is 1. The predicted octanol–water partition coefficient (Wildman–Crippen LogP) is 1.99. The largest absolute Gasteiger partial charge is 0.366 e. The van der Waals surface area contributed by atoms with Crippen LogP contribution in [0.1, 0.15) is 30.2 Å². The van der Waals surface area contributed by atoms with Crippen LogP contribution < -0.4 is 0 Å². The van der Waals surface area contributed by atoms with Crippen LogP contribution in [-0.2, 0) is 17.7 Å². The van der Waals surface area contributed by atoms with Crippen LogP contribution >= 0.6 is 0 Å². The molecule has 2 heterocycles. The van der Waals surface area contributed by atoms with Crippen molar-refractivity contribution in [3.63, 3.8) is 0 Å². The van der Waals surface area contributed by atoms with Gasteiger partial charge in [0.05, 0.1) is 13.2 Å². The summed E-state index contributed by atoms with van der Waals surface area (Å²) in [5.41, 5.74) is 1.11. The number of benzene rings is 1. The summed E-state index contributed by atoms with van der Waals surface area (Å²) in [5, 5.41) is 7.10. The highest BCUT2D eigenvalue weighted by Crippen LogP contribution is 2.20. The van der Waals surface area contributed by atoms with Gasteiger partial charge < -0.3 is 14.5 Å². The van der Waals surface area contributed by atoms with Gasteiger partial charge in [-0.25, -0.2) is 9.78 Å². The van der Waals surface area contributed by atoms with E-state index in [1.165, 1.54) is 0 Å². The lowest BCUT2D eigenvalue weighted by atomic mass is 10.2. The number of aromatic amines is 1. The Balaban J connectivity index is 1.62. The number of rotatable bonds is 4. The van der Waals surface area contributed by atoms with Gasteiger partial charge in [-0.05, 0) is 5.56 Å². The zero-order chi connectivity index (χ0) is 16.9. The van der Waals surface area contributed by atoms with Crippen molar-refractivity contribution in [2.24, 2.45) is 0 Å². The van der Waals surface area contributed by atoms with Gasteiger partial charge in [-0.2, -0.15) is 5.10 Å². The van der Waals surface area contributed by atoms with Gasteiger partial charge in [0.1, 0.15) is 11.9 Å². The zero-order valence-electron chi connectivity index (χ0n) is 14.1. The third-order valence-corrected chi connectivity index (χ3v) is 4.10. The molecule has 3 rings (SSSR count). The molecule has 0 spiro atoms.